The first-order chi connectivity index (χ1) is 60.6. The third kappa shape index (κ3) is 12.0. The molecule has 602 valence electrons. The number of fused-ring (bicyclic) bond motifs is 16. The van der Waals surface area contributed by atoms with Crippen molar-refractivity contribution in [3.05, 3.63) is 392 Å². The molecule has 0 saturated heterocycles. The Bertz CT molecular complexity index is 7690. The lowest BCUT2D eigenvalue weighted by Gasteiger charge is -2.46. The molecule has 125 heavy (non-hydrogen) atoms. The predicted octanol–water partition coefficient (Wildman–Crippen LogP) is 30.0. The summed E-state index contributed by atoms with van der Waals surface area (Å²) in [6.07, 6.45) is 0. The minimum absolute atomic E-state index is 0.0895. The molecule has 2 aliphatic rings. The van der Waals surface area contributed by atoms with E-state index in [0.29, 0.717) is 0 Å². The van der Waals surface area contributed by atoms with E-state index in [0.717, 1.165) is 123 Å². The van der Waals surface area contributed by atoms with Gasteiger partial charge in [0, 0.05) is 105 Å². The Labute approximate surface area is 731 Å². The lowest BCUT2D eigenvalue weighted by atomic mass is 9.33. The summed E-state index contributed by atoms with van der Waals surface area (Å²) in [5.41, 5.74) is 37.2. The summed E-state index contributed by atoms with van der Waals surface area (Å²) >= 11 is 0. The fourth-order valence-electron chi connectivity index (χ4n) is 20.8. The number of benzene rings is 17. The largest absolute Gasteiger partial charge is 0.310 e. The maximum absolute atomic E-state index is 2.76. The topological polar surface area (TPSA) is 26.2 Å². The molecule has 6 heterocycles. The van der Waals surface area contributed by atoms with Crippen LogP contribution in [0, 0.1) is 0 Å². The second-order valence-corrected chi connectivity index (χ2v) is 38.9. The van der Waals surface area contributed by atoms with Crippen LogP contribution in [0.2, 0.25) is 0 Å². The van der Waals surface area contributed by atoms with Crippen molar-refractivity contribution in [1.29, 1.82) is 0 Å². The molecule has 0 spiro atoms. The van der Waals surface area contributed by atoms with Crippen molar-refractivity contribution in [3.8, 4) is 67.3 Å². The summed E-state index contributed by atoms with van der Waals surface area (Å²) in [7, 11) is 0. The van der Waals surface area contributed by atoms with E-state index in [1.807, 2.05) is 0 Å². The van der Waals surface area contributed by atoms with Crippen LogP contribution in [-0.2, 0) is 21.7 Å². The van der Waals surface area contributed by atoms with Crippen LogP contribution in [0.15, 0.2) is 370 Å². The molecule has 17 aromatic carbocycles. The van der Waals surface area contributed by atoms with Gasteiger partial charge in [0.15, 0.2) is 0 Å². The molecule has 4 aromatic heterocycles. The van der Waals surface area contributed by atoms with Crippen LogP contribution in [0.4, 0.5) is 34.1 Å². The SMILES string of the molecule is CC(C)(C)c1cc(-c2ccccc2)c(N2c3cc(-n4c5ccccc5c5cc(-n6c7ccccc7c7ccccc76)ccc54)ccc3B3c4ccc(-n5c6ccc(C(C)(C)C)cc6c6cc(C(C)(C)C)ccc65)cc4N(c4c(-c5ccccc5)cc(C(C)(C)C)cc4-c4ccccc4)c4cc(-n5c6ccccc6c6ccccc65)cc2c43)c(-c2ccccc2)c1. The first kappa shape index (κ1) is 75.6. The van der Waals surface area contributed by atoms with Gasteiger partial charge in [0.05, 0.1) is 61.2 Å². The molecule has 0 fully saturated rings. The minimum atomic E-state index is -0.343. The lowest BCUT2D eigenvalue weighted by Crippen LogP contribution is -2.61. The standard InChI is InChI=1S/C118H97BN6/c1-115(2,3)78-53-60-105-95(63-78)96-64-79(116(4,5)6)54-61-106(96)122(105)84-56-59-99-109(71-84)125(114-93(76-39-21-15-22-40-76)67-81(118(10,11)12)68-94(114)77-41-23-16-24-42-77)111-73-85(123-102-50-32-27-45-88(102)89-46-28-33-51-103(89)123)72-110-112(111)119(99)98-58-55-83(70-108(98)124(110)113-91(74-35-17-13-18-36-74)65-80(117(7,8)9)66-92(113)75-37-19-14-20-38-75)121-104-52-34-29-47-90(104)97-69-82(57-62-107(97)121)120-100-48-30-25-43-86(100)87-44-26-31-49-101(87)120/h13-73H,1-12H3. The Morgan fingerprint density at radius 2 is 0.440 bits per heavy atom. The fourth-order valence-corrected chi connectivity index (χ4v) is 20.8. The van der Waals surface area contributed by atoms with Crippen molar-refractivity contribution < 1.29 is 0 Å². The van der Waals surface area contributed by atoms with E-state index >= 15 is 0 Å². The zero-order valence-electron chi connectivity index (χ0n) is 73.0. The molecule has 0 atom stereocenters. The Morgan fingerprint density at radius 1 is 0.192 bits per heavy atom. The molecule has 0 amide bonds. The second kappa shape index (κ2) is 28.1. The van der Waals surface area contributed by atoms with Gasteiger partial charge < -0.3 is 28.1 Å². The van der Waals surface area contributed by atoms with Crippen LogP contribution in [0.3, 0.4) is 0 Å². The molecular weight excluding hydrogens is 1510 g/mol. The van der Waals surface area contributed by atoms with Gasteiger partial charge in [-0.3, -0.25) is 0 Å². The van der Waals surface area contributed by atoms with E-state index in [-0.39, 0.29) is 28.4 Å². The van der Waals surface area contributed by atoms with E-state index in [9.17, 15) is 0 Å². The van der Waals surface area contributed by atoms with E-state index in [2.05, 4.69) is 481 Å². The first-order valence-corrected chi connectivity index (χ1v) is 44.3. The van der Waals surface area contributed by atoms with Gasteiger partial charge >= 0.3 is 0 Å². The third-order valence-corrected chi connectivity index (χ3v) is 27.1. The van der Waals surface area contributed by atoms with Crippen molar-refractivity contribution in [3.63, 3.8) is 0 Å². The van der Waals surface area contributed by atoms with Crippen molar-refractivity contribution >= 4 is 144 Å². The second-order valence-electron chi connectivity index (χ2n) is 38.9. The number of anilines is 6. The van der Waals surface area contributed by atoms with Crippen LogP contribution in [0.25, 0.3) is 154 Å². The normalized spacial score (nSPS) is 13.1. The molecule has 0 N–H and O–H groups in total. The highest BCUT2D eigenvalue weighted by Crippen LogP contribution is 2.57. The van der Waals surface area contributed by atoms with Gasteiger partial charge in [-0.25, -0.2) is 0 Å². The van der Waals surface area contributed by atoms with Crippen molar-refractivity contribution in [2.24, 2.45) is 0 Å². The van der Waals surface area contributed by atoms with Crippen molar-refractivity contribution in [1.82, 2.24) is 18.3 Å². The molecular formula is C118H97BN6. The maximum atomic E-state index is 2.76. The number of hydrogen-bond acceptors (Lipinski definition) is 2. The van der Waals surface area contributed by atoms with Crippen molar-refractivity contribution in [2.75, 3.05) is 9.80 Å². The summed E-state index contributed by atoms with van der Waals surface area (Å²) in [5, 5.41) is 9.73. The Morgan fingerprint density at radius 3 is 0.760 bits per heavy atom. The molecule has 6 nitrogen and oxygen atoms in total. The average molecular weight is 1610 g/mol. The quantitative estimate of drug-likeness (QED) is 0.128. The molecule has 21 aromatic rings. The summed E-state index contributed by atoms with van der Waals surface area (Å²) < 4.78 is 10.2. The van der Waals surface area contributed by atoms with Gasteiger partial charge in [0.25, 0.3) is 6.71 Å². The van der Waals surface area contributed by atoms with Gasteiger partial charge in [0.1, 0.15) is 0 Å². The predicted molar refractivity (Wildman–Crippen MR) is 534 cm³/mol. The molecule has 7 heteroatoms. The van der Waals surface area contributed by atoms with Gasteiger partial charge in [0.2, 0.25) is 0 Å². The number of nitrogens with zero attached hydrogens (tertiary/aromatic N) is 6. The third-order valence-electron chi connectivity index (χ3n) is 27.1. The number of para-hydroxylation sites is 5. The van der Waals surface area contributed by atoms with Gasteiger partial charge in [-0.1, -0.05) is 320 Å². The number of rotatable bonds is 10. The smallest absolute Gasteiger partial charge is 0.252 e. The highest BCUT2D eigenvalue weighted by atomic mass is 15.2. The van der Waals surface area contributed by atoms with Gasteiger partial charge in [-0.05, 0) is 216 Å². The Balaban J connectivity index is 0.902. The minimum Gasteiger partial charge on any atom is -0.310 e. The molecule has 0 aliphatic carbocycles. The zero-order chi connectivity index (χ0) is 84.8. The molecule has 2 aliphatic heterocycles. The van der Waals surface area contributed by atoms with E-state index in [4.69, 9.17) is 0 Å². The molecule has 0 unspecified atom stereocenters. The Kier molecular flexibility index (Phi) is 17.0. The first-order valence-electron chi connectivity index (χ1n) is 44.3. The molecule has 0 saturated carbocycles. The maximum Gasteiger partial charge on any atom is 0.252 e. The summed E-state index contributed by atoms with van der Waals surface area (Å²) in [4.78, 5) is 5.51. The monoisotopic (exact) mass is 1610 g/mol. The fraction of sp³-hybridized carbons (Fsp3) is 0.136. The van der Waals surface area contributed by atoms with E-state index in [1.54, 1.807) is 0 Å². The van der Waals surface area contributed by atoms with Gasteiger partial charge in [-0.15, -0.1) is 0 Å². The van der Waals surface area contributed by atoms with Crippen LogP contribution in [0.5, 0.6) is 0 Å². The average Bonchev–Trinajstić information content (AvgIpc) is 1.31. The highest BCUT2D eigenvalue weighted by molar-refractivity contribution is 7.00. The summed E-state index contributed by atoms with van der Waals surface area (Å²) in [5.74, 6) is 0. The van der Waals surface area contributed by atoms with Crippen LogP contribution >= 0.6 is 0 Å². The highest BCUT2D eigenvalue weighted by Gasteiger charge is 2.47. The van der Waals surface area contributed by atoms with E-state index < -0.39 is 0 Å². The summed E-state index contributed by atoms with van der Waals surface area (Å²) in [6.45, 7) is 27.9. The van der Waals surface area contributed by atoms with Crippen molar-refractivity contribution in [2.45, 2.75) is 105 Å². The van der Waals surface area contributed by atoms with Gasteiger partial charge in [-0.2, -0.15) is 0 Å². The van der Waals surface area contributed by atoms with E-state index in [1.165, 1.54) is 104 Å². The van der Waals surface area contributed by atoms with Crippen LogP contribution in [0.1, 0.15) is 105 Å². The number of hydrogen-bond donors (Lipinski definition) is 0. The zero-order valence-corrected chi connectivity index (χ0v) is 73.0. The Hall–Kier alpha value is -14.4. The molecule has 0 bridgehead atoms. The summed E-state index contributed by atoms with van der Waals surface area (Å²) in [6, 6.07) is 142. The molecule has 23 rings (SSSR count). The van der Waals surface area contributed by atoms with Crippen LogP contribution in [-0.4, -0.2) is 25.0 Å². The molecule has 0 radical (unpaired) electrons. The van der Waals surface area contributed by atoms with Crippen LogP contribution < -0.4 is 26.2 Å². The number of aromatic nitrogens is 4. The lowest BCUT2D eigenvalue weighted by molar-refractivity contribution is 0.590.